The van der Waals surface area contributed by atoms with E-state index in [0.717, 1.165) is 37.3 Å². The molecule has 1 fully saturated rings. The van der Waals surface area contributed by atoms with Crippen LogP contribution in [0.15, 0.2) is 40.9 Å². The van der Waals surface area contributed by atoms with Gasteiger partial charge in [0.05, 0.1) is 6.20 Å². The fourth-order valence-electron chi connectivity index (χ4n) is 2.66. The van der Waals surface area contributed by atoms with E-state index in [0.29, 0.717) is 18.7 Å². The van der Waals surface area contributed by atoms with Crippen molar-refractivity contribution in [3.05, 3.63) is 42.4 Å². The van der Waals surface area contributed by atoms with Crippen molar-refractivity contribution in [3.8, 4) is 11.3 Å². The maximum absolute atomic E-state index is 12.0. The first kappa shape index (κ1) is 20.5. The van der Waals surface area contributed by atoms with Crippen LogP contribution < -0.4 is 10.6 Å². The third-order valence-electron chi connectivity index (χ3n) is 3.84. The minimum atomic E-state index is 0. The molecule has 1 aromatic heterocycles. The molecular formula is C17H23Cl2N3O2. The summed E-state index contributed by atoms with van der Waals surface area (Å²) < 4.78 is 5.71. The van der Waals surface area contributed by atoms with Crippen molar-refractivity contribution in [3.63, 3.8) is 0 Å². The monoisotopic (exact) mass is 371 g/mol. The van der Waals surface area contributed by atoms with Crippen molar-refractivity contribution < 1.29 is 9.21 Å². The van der Waals surface area contributed by atoms with Gasteiger partial charge in [-0.15, -0.1) is 24.8 Å². The second-order valence-electron chi connectivity index (χ2n) is 5.60. The second kappa shape index (κ2) is 10.3. The number of hydrogen-bond acceptors (Lipinski definition) is 4. The van der Waals surface area contributed by atoms with Crippen molar-refractivity contribution in [1.82, 2.24) is 15.6 Å². The summed E-state index contributed by atoms with van der Waals surface area (Å²) >= 11 is 0. The molecule has 1 aromatic carbocycles. The smallest absolute Gasteiger partial charge is 0.220 e. The maximum atomic E-state index is 12.0. The summed E-state index contributed by atoms with van der Waals surface area (Å²) in [6, 6.07) is 10.1. The Balaban J connectivity index is 0.00000144. The summed E-state index contributed by atoms with van der Waals surface area (Å²) in [6.07, 6.45) is 4.82. The molecule has 0 bridgehead atoms. The van der Waals surface area contributed by atoms with Gasteiger partial charge in [-0.3, -0.25) is 4.79 Å². The largest absolute Gasteiger partial charge is 0.441 e. The number of nitrogens with zero attached hydrogens (tertiary/aromatic N) is 1. The van der Waals surface area contributed by atoms with Gasteiger partial charge in [0.1, 0.15) is 0 Å². The van der Waals surface area contributed by atoms with Gasteiger partial charge in [-0.25, -0.2) is 4.98 Å². The molecule has 2 N–H and O–H groups in total. The van der Waals surface area contributed by atoms with Crippen molar-refractivity contribution >= 4 is 30.7 Å². The van der Waals surface area contributed by atoms with E-state index in [1.165, 1.54) is 0 Å². The molecule has 0 aliphatic carbocycles. The van der Waals surface area contributed by atoms with Crippen LogP contribution in [0.3, 0.4) is 0 Å². The molecule has 1 amide bonds. The SMILES string of the molecule is Cl.Cl.O=C(CCc1ncc(-c2ccccc2)o1)N[C@H]1CCCNC1. The van der Waals surface area contributed by atoms with E-state index in [1.807, 2.05) is 30.3 Å². The van der Waals surface area contributed by atoms with Gasteiger partial charge in [-0.1, -0.05) is 30.3 Å². The highest BCUT2D eigenvalue weighted by Gasteiger charge is 2.15. The van der Waals surface area contributed by atoms with Crippen LogP contribution in [-0.2, 0) is 11.2 Å². The molecule has 0 radical (unpaired) electrons. The molecule has 132 valence electrons. The molecule has 7 heteroatoms. The number of rotatable bonds is 5. The highest BCUT2D eigenvalue weighted by Crippen LogP contribution is 2.20. The number of amides is 1. The fraction of sp³-hybridized carbons (Fsp3) is 0.412. The van der Waals surface area contributed by atoms with Gasteiger partial charge in [0, 0.05) is 31.0 Å². The quantitative estimate of drug-likeness (QED) is 0.847. The topological polar surface area (TPSA) is 67.2 Å². The molecule has 0 unspecified atom stereocenters. The van der Waals surface area contributed by atoms with Crippen LogP contribution >= 0.6 is 24.8 Å². The number of benzene rings is 1. The Morgan fingerprint density at radius 1 is 1.29 bits per heavy atom. The predicted molar refractivity (Wildman–Crippen MR) is 98.8 cm³/mol. The minimum absolute atomic E-state index is 0. The first-order chi connectivity index (χ1) is 10.8. The Morgan fingerprint density at radius 2 is 2.08 bits per heavy atom. The highest BCUT2D eigenvalue weighted by molar-refractivity contribution is 5.85. The van der Waals surface area contributed by atoms with E-state index in [-0.39, 0.29) is 36.8 Å². The van der Waals surface area contributed by atoms with Crippen LogP contribution in [-0.4, -0.2) is 30.0 Å². The molecule has 3 rings (SSSR count). The summed E-state index contributed by atoms with van der Waals surface area (Å²) in [5, 5.41) is 6.35. The third-order valence-corrected chi connectivity index (χ3v) is 3.84. The number of oxazole rings is 1. The fourth-order valence-corrected chi connectivity index (χ4v) is 2.66. The summed E-state index contributed by atoms with van der Waals surface area (Å²) in [6.45, 7) is 1.91. The molecule has 2 heterocycles. The number of piperidine rings is 1. The van der Waals surface area contributed by atoms with E-state index in [4.69, 9.17) is 4.42 Å². The molecule has 0 saturated carbocycles. The lowest BCUT2D eigenvalue weighted by molar-refractivity contribution is -0.121. The van der Waals surface area contributed by atoms with Crippen LogP contribution in [0, 0.1) is 0 Å². The van der Waals surface area contributed by atoms with E-state index in [9.17, 15) is 4.79 Å². The molecule has 1 aliphatic rings. The van der Waals surface area contributed by atoms with Crippen LogP contribution in [0.5, 0.6) is 0 Å². The Bertz CT molecular complexity index is 613. The Labute approximate surface area is 154 Å². The molecular weight excluding hydrogens is 349 g/mol. The van der Waals surface area contributed by atoms with Gasteiger partial charge >= 0.3 is 0 Å². The van der Waals surface area contributed by atoms with Crippen LogP contribution in [0.1, 0.15) is 25.2 Å². The van der Waals surface area contributed by atoms with Gasteiger partial charge in [0.15, 0.2) is 11.7 Å². The zero-order valence-corrected chi connectivity index (χ0v) is 15.0. The van der Waals surface area contributed by atoms with Crippen molar-refractivity contribution in [2.45, 2.75) is 31.7 Å². The Kier molecular flexibility index (Phi) is 8.82. The maximum Gasteiger partial charge on any atom is 0.220 e. The molecule has 24 heavy (non-hydrogen) atoms. The molecule has 1 saturated heterocycles. The van der Waals surface area contributed by atoms with Crippen LogP contribution in [0.4, 0.5) is 0 Å². The standard InChI is InChI=1S/C17H21N3O2.2ClH/c21-16(20-14-7-4-10-18-11-14)8-9-17-19-12-15(22-17)13-5-2-1-3-6-13;;/h1-3,5-6,12,14,18H,4,7-11H2,(H,20,21);2*1H/t14-;;/m0../s1. The number of carbonyl (C=O) groups is 1. The third kappa shape index (κ3) is 5.82. The zero-order valence-electron chi connectivity index (χ0n) is 13.4. The molecule has 1 atom stereocenters. The first-order valence-corrected chi connectivity index (χ1v) is 7.81. The summed E-state index contributed by atoms with van der Waals surface area (Å²) in [4.78, 5) is 16.2. The van der Waals surface area contributed by atoms with Gasteiger partial charge in [-0.2, -0.15) is 0 Å². The van der Waals surface area contributed by atoms with Gasteiger partial charge < -0.3 is 15.1 Å². The van der Waals surface area contributed by atoms with E-state index < -0.39 is 0 Å². The van der Waals surface area contributed by atoms with Gasteiger partial charge in [-0.05, 0) is 19.4 Å². The van der Waals surface area contributed by atoms with Crippen LogP contribution in [0.2, 0.25) is 0 Å². The van der Waals surface area contributed by atoms with E-state index in [2.05, 4.69) is 15.6 Å². The molecule has 5 nitrogen and oxygen atoms in total. The zero-order chi connectivity index (χ0) is 15.2. The van der Waals surface area contributed by atoms with E-state index >= 15 is 0 Å². The Hall–Kier alpha value is -1.56. The van der Waals surface area contributed by atoms with E-state index in [1.54, 1.807) is 6.20 Å². The first-order valence-electron chi connectivity index (χ1n) is 7.81. The van der Waals surface area contributed by atoms with Crippen molar-refractivity contribution in [2.24, 2.45) is 0 Å². The van der Waals surface area contributed by atoms with Crippen LogP contribution in [0.25, 0.3) is 11.3 Å². The average molecular weight is 372 g/mol. The molecule has 2 aromatic rings. The summed E-state index contributed by atoms with van der Waals surface area (Å²) in [7, 11) is 0. The second-order valence-corrected chi connectivity index (χ2v) is 5.60. The number of nitrogens with one attached hydrogen (secondary N) is 2. The number of carbonyl (C=O) groups excluding carboxylic acids is 1. The lowest BCUT2D eigenvalue weighted by atomic mass is 10.1. The van der Waals surface area contributed by atoms with Crippen molar-refractivity contribution in [2.75, 3.05) is 13.1 Å². The summed E-state index contributed by atoms with van der Waals surface area (Å²) in [5.74, 6) is 1.41. The Morgan fingerprint density at radius 3 is 2.79 bits per heavy atom. The number of aromatic nitrogens is 1. The lowest BCUT2D eigenvalue weighted by Crippen LogP contribution is -2.45. The number of halogens is 2. The average Bonchev–Trinajstić information content (AvgIpc) is 3.04. The molecule has 1 aliphatic heterocycles. The minimum Gasteiger partial charge on any atom is -0.441 e. The summed E-state index contributed by atoms with van der Waals surface area (Å²) in [5.41, 5.74) is 0.999. The predicted octanol–water partition coefficient (Wildman–Crippen LogP) is 2.99. The molecule has 0 spiro atoms. The van der Waals surface area contributed by atoms with Gasteiger partial charge in [0.2, 0.25) is 5.91 Å². The van der Waals surface area contributed by atoms with Crippen molar-refractivity contribution in [1.29, 1.82) is 0 Å². The normalized spacial score (nSPS) is 16.6. The lowest BCUT2D eigenvalue weighted by Gasteiger charge is -2.23. The number of hydrogen-bond donors (Lipinski definition) is 2. The van der Waals surface area contributed by atoms with Gasteiger partial charge in [0.25, 0.3) is 0 Å². The number of aryl methyl sites for hydroxylation is 1. The highest BCUT2D eigenvalue weighted by atomic mass is 35.5.